The Labute approximate surface area is 361 Å². The number of rotatable bonds is 7. The summed E-state index contributed by atoms with van der Waals surface area (Å²) in [6.07, 6.45) is 3.74. The molecule has 2 aromatic heterocycles. The number of fused-ring (bicyclic) bond motifs is 6. The van der Waals surface area contributed by atoms with Gasteiger partial charge in [-0.25, -0.2) is 0 Å². The number of nitrogens with zero attached hydrogens (tertiary/aromatic N) is 2. The van der Waals surface area contributed by atoms with Gasteiger partial charge < -0.3 is 4.57 Å². The van der Waals surface area contributed by atoms with Crippen molar-refractivity contribution in [2.45, 2.75) is 5.41 Å². The number of hydrogen-bond acceptors (Lipinski definition) is 1. The summed E-state index contributed by atoms with van der Waals surface area (Å²) in [4.78, 5) is 4.34. The normalized spacial score (nSPS) is 12.6. The summed E-state index contributed by atoms with van der Waals surface area (Å²) in [6, 6.07) is 84.7. The average molecular weight is 789 g/mol. The van der Waals surface area contributed by atoms with E-state index in [-0.39, 0.29) is 0 Å². The van der Waals surface area contributed by atoms with Gasteiger partial charge in [0.2, 0.25) is 0 Å². The summed E-state index contributed by atoms with van der Waals surface area (Å²) in [5.74, 6) is 0. The van der Waals surface area contributed by atoms with E-state index in [1.165, 1.54) is 88.6 Å². The fourth-order valence-electron chi connectivity index (χ4n) is 10.1. The molecule has 9 aromatic carbocycles. The van der Waals surface area contributed by atoms with Crippen molar-refractivity contribution in [3.8, 4) is 61.3 Å². The largest absolute Gasteiger partial charge is 0.309 e. The van der Waals surface area contributed by atoms with Gasteiger partial charge in [0.1, 0.15) is 0 Å². The van der Waals surface area contributed by atoms with Crippen LogP contribution in [-0.2, 0) is 5.41 Å². The second kappa shape index (κ2) is 14.6. The number of benzene rings is 9. The van der Waals surface area contributed by atoms with E-state index in [2.05, 4.69) is 234 Å². The summed E-state index contributed by atoms with van der Waals surface area (Å²) in [5.41, 5.74) is 20.2. The molecule has 0 aliphatic heterocycles. The molecule has 0 atom stereocenters. The van der Waals surface area contributed by atoms with Gasteiger partial charge in [-0.05, 0) is 120 Å². The minimum atomic E-state index is -0.521. The fourth-order valence-corrected chi connectivity index (χ4v) is 10.1. The number of aromatic nitrogens is 2. The quantitative estimate of drug-likeness (QED) is 0.157. The number of pyridine rings is 1. The molecule has 0 bridgehead atoms. The van der Waals surface area contributed by atoms with Crippen LogP contribution in [0.25, 0.3) is 83.1 Å². The van der Waals surface area contributed by atoms with Crippen LogP contribution in [0.1, 0.15) is 22.3 Å². The van der Waals surface area contributed by atoms with Crippen LogP contribution in [-0.4, -0.2) is 9.55 Å². The van der Waals surface area contributed by atoms with Crippen LogP contribution < -0.4 is 0 Å². The minimum absolute atomic E-state index is 0.521. The Morgan fingerprint density at radius 3 is 1.19 bits per heavy atom. The van der Waals surface area contributed by atoms with Gasteiger partial charge in [-0.2, -0.15) is 0 Å². The molecule has 1 aliphatic carbocycles. The molecule has 0 unspecified atom stereocenters. The third kappa shape index (κ3) is 5.68. The maximum atomic E-state index is 4.34. The molecule has 12 rings (SSSR count). The Morgan fingerprint density at radius 1 is 0.323 bits per heavy atom. The minimum Gasteiger partial charge on any atom is -0.309 e. The van der Waals surface area contributed by atoms with Gasteiger partial charge in [0, 0.05) is 28.9 Å². The van der Waals surface area contributed by atoms with E-state index < -0.39 is 5.41 Å². The standard InChI is InChI=1S/C60H40N2/c1-3-13-49(14-4-1)60(50-15-5-2-6-16-50)56-38-46(31-35-52(56)53-36-32-47(39-57(53)60)44-25-27-45(28-26-44)48-12-11-37-61-40-48)43-23-21-41(22-24-43)42-29-33-51(34-30-42)62-58-19-9-7-17-54(58)55-18-8-10-20-59(55)62/h1-40H. The second-order valence-corrected chi connectivity index (χ2v) is 16.3. The Hall–Kier alpha value is -8.07. The van der Waals surface area contributed by atoms with Crippen molar-refractivity contribution in [1.29, 1.82) is 0 Å². The Morgan fingerprint density at radius 2 is 0.726 bits per heavy atom. The predicted molar refractivity (Wildman–Crippen MR) is 258 cm³/mol. The van der Waals surface area contributed by atoms with Crippen LogP contribution >= 0.6 is 0 Å². The fraction of sp³-hybridized carbons (Fsp3) is 0.0167. The highest BCUT2D eigenvalue weighted by atomic mass is 15.0. The molecule has 0 fully saturated rings. The molecule has 0 spiro atoms. The van der Waals surface area contributed by atoms with Crippen molar-refractivity contribution in [1.82, 2.24) is 9.55 Å². The Balaban J connectivity index is 0.934. The highest BCUT2D eigenvalue weighted by Gasteiger charge is 2.46. The smallest absolute Gasteiger partial charge is 0.0713 e. The van der Waals surface area contributed by atoms with Crippen LogP contribution in [0.2, 0.25) is 0 Å². The van der Waals surface area contributed by atoms with Gasteiger partial charge >= 0.3 is 0 Å². The van der Waals surface area contributed by atoms with Crippen LogP contribution in [0, 0.1) is 0 Å². The van der Waals surface area contributed by atoms with Crippen LogP contribution in [0.15, 0.2) is 243 Å². The van der Waals surface area contributed by atoms with Gasteiger partial charge in [0.25, 0.3) is 0 Å². The van der Waals surface area contributed by atoms with Crippen molar-refractivity contribution in [2.75, 3.05) is 0 Å². The topological polar surface area (TPSA) is 17.8 Å². The lowest BCUT2D eigenvalue weighted by atomic mass is 9.67. The van der Waals surface area contributed by atoms with E-state index in [0.29, 0.717) is 0 Å². The summed E-state index contributed by atoms with van der Waals surface area (Å²) in [5, 5.41) is 2.55. The van der Waals surface area contributed by atoms with Gasteiger partial charge in [0.05, 0.1) is 16.4 Å². The van der Waals surface area contributed by atoms with E-state index in [4.69, 9.17) is 0 Å². The molecule has 0 saturated carbocycles. The molecule has 0 saturated heterocycles. The van der Waals surface area contributed by atoms with E-state index in [9.17, 15) is 0 Å². The molecule has 11 aromatic rings. The predicted octanol–water partition coefficient (Wildman–Crippen LogP) is 15.2. The van der Waals surface area contributed by atoms with Crippen molar-refractivity contribution in [3.05, 3.63) is 265 Å². The summed E-state index contributed by atoms with van der Waals surface area (Å²) < 4.78 is 2.37. The first-order valence-corrected chi connectivity index (χ1v) is 21.3. The summed E-state index contributed by atoms with van der Waals surface area (Å²) in [7, 11) is 0. The van der Waals surface area contributed by atoms with Crippen LogP contribution in [0.4, 0.5) is 0 Å². The third-order valence-electron chi connectivity index (χ3n) is 13.0. The second-order valence-electron chi connectivity index (χ2n) is 16.3. The zero-order valence-corrected chi connectivity index (χ0v) is 34.0. The molecule has 0 radical (unpaired) electrons. The summed E-state index contributed by atoms with van der Waals surface area (Å²) >= 11 is 0. The lowest BCUT2D eigenvalue weighted by Gasteiger charge is -2.34. The molecule has 290 valence electrons. The SMILES string of the molecule is c1ccc(C2(c3ccccc3)c3cc(-c4ccc(-c5ccc(-n6c7ccccc7c7ccccc76)cc5)cc4)ccc3-c3ccc(-c4ccc(-c5cccnc5)cc4)cc32)cc1. The van der Waals surface area contributed by atoms with Crippen molar-refractivity contribution < 1.29 is 0 Å². The lowest BCUT2D eigenvalue weighted by Crippen LogP contribution is -2.28. The van der Waals surface area contributed by atoms with Crippen molar-refractivity contribution >= 4 is 21.8 Å². The molecular formula is C60H40N2. The molecule has 2 nitrogen and oxygen atoms in total. The van der Waals surface area contributed by atoms with E-state index in [1.54, 1.807) is 0 Å². The highest BCUT2D eigenvalue weighted by molar-refractivity contribution is 6.09. The van der Waals surface area contributed by atoms with Gasteiger partial charge in [0.15, 0.2) is 0 Å². The maximum Gasteiger partial charge on any atom is 0.0713 e. The lowest BCUT2D eigenvalue weighted by molar-refractivity contribution is 0.769. The molecule has 2 heterocycles. The van der Waals surface area contributed by atoms with E-state index in [0.717, 1.165) is 16.8 Å². The number of hydrogen-bond donors (Lipinski definition) is 0. The van der Waals surface area contributed by atoms with Crippen LogP contribution in [0.5, 0.6) is 0 Å². The van der Waals surface area contributed by atoms with Crippen molar-refractivity contribution in [2.24, 2.45) is 0 Å². The molecule has 62 heavy (non-hydrogen) atoms. The maximum absolute atomic E-state index is 4.34. The van der Waals surface area contributed by atoms with E-state index >= 15 is 0 Å². The zero-order valence-electron chi connectivity index (χ0n) is 34.0. The van der Waals surface area contributed by atoms with Gasteiger partial charge in [-0.15, -0.1) is 0 Å². The Kier molecular flexibility index (Phi) is 8.43. The van der Waals surface area contributed by atoms with Gasteiger partial charge in [-0.1, -0.05) is 188 Å². The summed E-state index contributed by atoms with van der Waals surface area (Å²) in [6.45, 7) is 0. The molecular weight excluding hydrogens is 749 g/mol. The monoisotopic (exact) mass is 788 g/mol. The van der Waals surface area contributed by atoms with E-state index in [1.807, 2.05) is 18.5 Å². The first kappa shape index (κ1) is 35.8. The molecule has 1 aliphatic rings. The first-order chi connectivity index (χ1) is 30.7. The molecule has 0 N–H and O–H groups in total. The van der Waals surface area contributed by atoms with Crippen molar-refractivity contribution in [3.63, 3.8) is 0 Å². The molecule has 2 heteroatoms. The Bertz CT molecular complexity index is 3310. The molecule has 0 amide bonds. The number of para-hydroxylation sites is 2. The zero-order chi connectivity index (χ0) is 41.0. The van der Waals surface area contributed by atoms with Gasteiger partial charge in [-0.3, -0.25) is 4.98 Å². The first-order valence-electron chi connectivity index (χ1n) is 21.3. The average Bonchev–Trinajstić information content (AvgIpc) is 3.85. The third-order valence-corrected chi connectivity index (χ3v) is 13.0. The van der Waals surface area contributed by atoms with Crippen LogP contribution in [0.3, 0.4) is 0 Å². The highest BCUT2D eigenvalue weighted by Crippen LogP contribution is 2.57.